The number of halogens is 2. The summed E-state index contributed by atoms with van der Waals surface area (Å²) in [5.41, 5.74) is 7.60. The summed E-state index contributed by atoms with van der Waals surface area (Å²) in [5, 5.41) is 0. The van der Waals surface area contributed by atoms with E-state index in [4.69, 9.17) is 15.2 Å². The fourth-order valence-corrected chi connectivity index (χ4v) is 3.63. The van der Waals surface area contributed by atoms with E-state index >= 15 is 0 Å². The number of piperidine rings is 1. The van der Waals surface area contributed by atoms with Gasteiger partial charge in [0.25, 0.3) is 0 Å². The number of hydrogen-bond acceptors (Lipinski definition) is 4. The molecule has 0 saturated carbocycles. The van der Waals surface area contributed by atoms with Crippen LogP contribution in [0, 0.1) is 5.41 Å². The number of ether oxygens (including phenoxy) is 2. The van der Waals surface area contributed by atoms with Crippen LogP contribution in [0.25, 0.3) is 0 Å². The second kappa shape index (κ2) is 8.56. The maximum Gasteiger partial charge on any atom is 0.175 e. The van der Waals surface area contributed by atoms with Crippen LogP contribution in [0.15, 0.2) is 16.6 Å². The van der Waals surface area contributed by atoms with E-state index in [1.54, 1.807) is 7.11 Å². The van der Waals surface area contributed by atoms with Crippen molar-refractivity contribution < 1.29 is 9.47 Å². The highest BCUT2D eigenvalue weighted by atomic mass is 79.9. The molecule has 1 atom stereocenters. The highest BCUT2D eigenvalue weighted by molar-refractivity contribution is 9.10. The topological polar surface area (TPSA) is 47.7 Å². The molecule has 1 fully saturated rings. The van der Waals surface area contributed by atoms with E-state index in [0.29, 0.717) is 6.61 Å². The zero-order valence-electron chi connectivity index (χ0n) is 14.4. The van der Waals surface area contributed by atoms with Crippen LogP contribution >= 0.6 is 28.3 Å². The molecule has 1 heterocycles. The molecule has 23 heavy (non-hydrogen) atoms. The van der Waals surface area contributed by atoms with Crippen molar-refractivity contribution in [3.63, 3.8) is 0 Å². The molecule has 6 heteroatoms. The zero-order chi connectivity index (χ0) is 16.3. The molecule has 2 N–H and O–H groups in total. The summed E-state index contributed by atoms with van der Waals surface area (Å²) in [6.07, 6.45) is 1.04. The minimum absolute atomic E-state index is 0. The van der Waals surface area contributed by atoms with E-state index in [9.17, 15) is 0 Å². The van der Waals surface area contributed by atoms with Gasteiger partial charge in [-0.1, -0.05) is 13.8 Å². The normalized spacial score (nSPS) is 20.7. The minimum Gasteiger partial charge on any atom is -0.493 e. The monoisotopic (exact) mass is 406 g/mol. The molecule has 0 radical (unpaired) electrons. The fourth-order valence-electron chi connectivity index (χ4n) is 3.03. The van der Waals surface area contributed by atoms with Crippen LogP contribution in [0.4, 0.5) is 0 Å². The first kappa shape index (κ1) is 20.6. The van der Waals surface area contributed by atoms with E-state index in [0.717, 1.165) is 42.0 Å². The second-order valence-corrected chi connectivity index (χ2v) is 7.49. The SMILES string of the molecule is CCOc1c(Br)cc(CN2CCC(N)C(C)(C)C2)cc1OC.Cl. The Kier molecular flexibility index (Phi) is 7.65. The van der Waals surface area contributed by atoms with Crippen molar-refractivity contribution in [3.8, 4) is 11.5 Å². The molecule has 1 aliphatic heterocycles. The highest BCUT2D eigenvalue weighted by Crippen LogP contribution is 2.37. The molecule has 1 aromatic carbocycles. The number of nitrogens with two attached hydrogens (primary N) is 1. The second-order valence-electron chi connectivity index (χ2n) is 6.64. The van der Waals surface area contributed by atoms with E-state index < -0.39 is 0 Å². The van der Waals surface area contributed by atoms with Crippen LogP contribution in [0.1, 0.15) is 32.8 Å². The Morgan fingerprint density at radius 1 is 1.39 bits per heavy atom. The summed E-state index contributed by atoms with van der Waals surface area (Å²) in [6, 6.07) is 4.47. The Bertz CT molecular complexity index is 526. The van der Waals surface area contributed by atoms with Gasteiger partial charge in [0.1, 0.15) is 0 Å². The van der Waals surface area contributed by atoms with E-state index in [2.05, 4.69) is 46.8 Å². The maximum atomic E-state index is 6.22. The molecule has 132 valence electrons. The Labute approximate surface area is 154 Å². The van der Waals surface area contributed by atoms with Crippen LogP contribution in [-0.2, 0) is 6.54 Å². The fraction of sp³-hybridized carbons (Fsp3) is 0.647. The number of hydrogen-bond donors (Lipinski definition) is 1. The molecule has 0 bridgehead atoms. The van der Waals surface area contributed by atoms with Crippen molar-refractivity contribution in [1.29, 1.82) is 0 Å². The largest absolute Gasteiger partial charge is 0.493 e. The average Bonchev–Trinajstić information content (AvgIpc) is 2.45. The number of benzene rings is 1. The Hall–Kier alpha value is -0.490. The van der Waals surface area contributed by atoms with Crippen LogP contribution < -0.4 is 15.2 Å². The van der Waals surface area contributed by atoms with Crippen molar-refractivity contribution in [2.24, 2.45) is 11.1 Å². The molecule has 0 aliphatic carbocycles. The lowest BCUT2D eigenvalue weighted by Gasteiger charge is -2.42. The molecule has 1 unspecified atom stereocenters. The maximum absolute atomic E-state index is 6.22. The van der Waals surface area contributed by atoms with Gasteiger partial charge in [0, 0.05) is 25.7 Å². The van der Waals surface area contributed by atoms with Gasteiger partial charge in [0.2, 0.25) is 0 Å². The summed E-state index contributed by atoms with van der Waals surface area (Å²) in [7, 11) is 1.68. The van der Waals surface area contributed by atoms with Crippen molar-refractivity contribution in [1.82, 2.24) is 4.90 Å². The molecule has 0 spiro atoms. The third kappa shape index (κ3) is 4.99. The van der Waals surface area contributed by atoms with Crippen LogP contribution in [0.2, 0.25) is 0 Å². The summed E-state index contributed by atoms with van der Waals surface area (Å²) < 4.78 is 12.1. The number of methoxy groups -OCH3 is 1. The molecule has 2 rings (SSSR count). The van der Waals surface area contributed by atoms with Crippen molar-refractivity contribution in [2.45, 2.75) is 39.8 Å². The molecule has 1 saturated heterocycles. The van der Waals surface area contributed by atoms with Gasteiger partial charge in [0.05, 0.1) is 18.2 Å². The van der Waals surface area contributed by atoms with Crippen LogP contribution in [-0.4, -0.2) is 37.7 Å². The van der Waals surface area contributed by atoms with Gasteiger partial charge in [-0.25, -0.2) is 0 Å². The number of rotatable bonds is 5. The summed E-state index contributed by atoms with van der Waals surface area (Å²) in [5.74, 6) is 1.55. The van der Waals surface area contributed by atoms with Gasteiger partial charge in [-0.05, 0) is 52.4 Å². The van der Waals surface area contributed by atoms with Gasteiger partial charge in [-0.2, -0.15) is 0 Å². The Morgan fingerprint density at radius 2 is 2.09 bits per heavy atom. The third-order valence-electron chi connectivity index (χ3n) is 4.38. The molecule has 0 aromatic heterocycles. The zero-order valence-corrected chi connectivity index (χ0v) is 16.8. The van der Waals surface area contributed by atoms with Gasteiger partial charge >= 0.3 is 0 Å². The first-order valence-corrected chi connectivity index (χ1v) is 8.64. The van der Waals surface area contributed by atoms with Crippen molar-refractivity contribution in [3.05, 3.63) is 22.2 Å². The van der Waals surface area contributed by atoms with E-state index in [1.165, 1.54) is 5.56 Å². The Morgan fingerprint density at radius 3 is 2.65 bits per heavy atom. The first-order chi connectivity index (χ1) is 10.4. The lowest BCUT2D eigenvalue weighted by Crippen LogP contribution is -2.52. The van der Waals surface area contributed by atoms with Crippen molar-refractivity contribution >= 4 is 28.3 Å². The molecule has 1 aromatic rings. The van der Waals surface area contributed by atoms with E-state index in [1.807, 2.05) is 6.92 Å². The van der Waals surface area contributed by atoms with Gasteiger partial charge < -0.3 is 15.2 Å². The predicted molar refractivity (Wildman–Crippen MR) is 101 cm³/mol. The molecular formula is C17H28BrClN2O2. The van der Waals surface area contributed by atoms with Crippen LogP contribution in [0.3, 0.4) is 0 Å². The smallest absolute Gasteiger partial charge is 0.175 e. The lowest BCUT2D eigenvalue weighted by molar-refractivity contribution is 0.0898. The third-order valence-corrected chi connectivity index (χ3v) is 4.96. The van der Waals surface area contributed by atoms with Crippen molar-refractivity contribution in [2.75, 3.05) is 26.8 Å². The molecule has 0 amide bonds. The van der Waals surface area contributed by atoms with Gasteiger partial charge in [-0.3, -0.25) is 4.90 Å². The summed E-state index contributed by atoms with van der Waals surface area (Å²) in [6.45, 7) is 10.0. The molecule has 1 aliphatic rings. The number of nitrogens with zero attached hydrogens (tertiary/aromatic N) is 1. The standard InChI is InChI=1S/C17H27BrN2O2.ClH/c1-5-22-16-13(18)8-12(9-14(16)21-4)10-20-7-6-15(19)17(2,3)11-20;/h8-9,15H,5-7,10-11,19H2,1-4H3;1H. The Balaban J connectivity index is 0.00000264. The molecule has 4 nitrogen and oxygen atoms in total. The number of likely N-dealkylation sites (tertiary alicyclic amines) is 1. The lowest BCUT2D eigenvalue weighted by atomic mass is 9.79. The van der Waals surface area contributed by atoms with E-state index in [-0.39, 0.29) is 23.9 Å². The quantitative estimate of drug-likeness (QED) is 0.805. The first-order valence-electron chi connectivity index (χ1n) is 7.84. The van der Waals surface area contributed by atoms with Gasteiger partial charge in [0.15, 0.2) is 11.5 Å². The minimum atomic E-state index is 0. The molecular weight excluding hydrogens is 380 g/mol. The van der Waals surface area contributed by atoms with Gasteiger partial charge in [-0.15, -0.1) is 12.4 Å². The average molecular weight is 408 g/mol. The summed E-state index contributed by atoms with van der Waals surface area (Å²) >= 11 is 3.59. The van der Waals surface area contributed by atoms with Crippen LogP contribution in [0.5, 0.6) is 11.5 Å². The summed E-state index contributed by atoms with van der Waals surface area (Å²) in [4.78, 5) is 2.46. The highest BCUT2D eigenvalue weighted by Gasteiger charge is 2.33. The predicted octanol–water partition coefficient (Wildman–Crippen LogP) is 3.84.